The van der Waals surface area contributed by atoms with E-state index in [4.69, 9.17) is 4.74 Å². The number of ether oxygens (including phenoxy) is 1. The number of carbonyl (C=O) groups excluding carboxylic acids is 3. The van der Waals surface area contributed by atoms with Gasteiger partial charge in [0.15, 0.2) is 0 Å². The molecule has 0 saturated carbocycles. The van der Waals surface area contributed by atoms with Gasteiger partial charge in [0, 0.05) is 50.1 Å². The molecule has 5 rings (SSSR count). The van der Waals surface area contributed by atoms with Crippen LogP contribution in [0, 0.1) is 6.92 Å². The van der Waals surface area contributed by atoms with E-state index < -0.39 is 11.8 Å². The van der Waals surface area contributed by atoms with Crippen molar-refractivity contribution >= 4 is 17.7 Å². The topological polar surface area (TPSA) is 70.2 Å². The van der Waals surface area contributed by atoms with E-state index in [1.165, 1.54) is 5.56 Å². The van der Waals surface area contributed by atoms with Gasteiger partial charge in [-0.3, -0.25) is 19.3 Å². The first-order valence-electron chi connectivity index (χ1n) is 13.1. The van der Waals surface area contributed by atoms with Gasteiger partial charge in [0.2, 0.25) is 5.91 Å². The van der Waals surface area contributed by atoms with Gasteiger partial charge in [0.1, 0.15) is 11.8 Å². The average molecular weight is 490 g/mol. The van der Waals surface area contributed by atoms with Crippen LogP contribution in [0.3, 0.4) is 0 Å². The number of likely N-dealkylation sites (tertiary alicyclic amines) is 2. The number of amides is 3. The summed E-state index contributed by atoms with van der Waals surface area (Å²) in [5.41, 5.74) is 2.54. The number of piperidine rings is 1. The Morgan fingerprint density at radius 3 is 2.22 bits per heavy atom. The molecule has 1 spiro atoms. The zero-order valence-corrected chi connectivity index (χ0v) is 21.2. The second-order valence-electron chi connectivity index (χ2n) is 10.2. The molecule has 36 heavy (non-hydrogen) atoms. The SMILES string of the molecule is CCc1ccc(C(=O)N2CCC3(CC2)OC[C@H](C(=O)N2CCCC2)N3C(=O)c2cccc(C)c2)cc1. The van der Waals surface area contributed by atoms with Crippen LogP contribution in [0.4, 0.5) is 0 Å². The Hall–Kier alpha value is -3.19. The smallest absolute Gasteiger partial charge is 0.256 e. The molecule has 0 unspecified atom stereocenters. The van der Waals surface area contributed by atoms with Crippen LogP contribution in [0.5, 0.6) is 0 Å². The Labute approximate surface area is 213 Å². The van der Waals surface area contributed by atoms with Gasteiger partial charge >= 0.3 is 0 Å². The number of hydrogen-bond donors (Lipinski definition) is 0. The third kappa shape index (κ3) is 4.52. The standard InChI is InChI=1S/C29H35N3O4/c1-3-22-9-11-23(12-10-22)26(33)31-17-13-29(14-18-31)32(27(34)24-8-6-7-21(2)19-24)25(20-36-29)28(35)30-15-4-5-16-30/h6-12,19,25H,3-5,13-18,20H2,1-2H3/t25-/m1/s1. The van der Waals surface area contributed by atoms with E-state index in [1.54, 1.807) is 11.0 Å². The molecule has 3 fully saturated rings. The van der Waals surface area contributed by atoms with E-state index >= 15 is 0 Å². The summed E-state index contributed by atoms with van der Waals surface area (Å²) in [6, 6.07) is 14.6. The molecule has 2 aromatic carbocycles. The average Bonchev–Trinajstić information content (AvgIpc) is 3.57. The van der Waals surface area contributed by atoms with Gasteiger partial charge in [-0.1, -0.05) is 36.8 Å². The molecule has 0 aliphatic carbocycles. The Balaban J connectivity index is 1.38. The Kier molecular flexibility index (Phi) is 6.84. The van der Waals surface area contributed by atoms with E-state index in [0.29, 0.717) is 37.1 Å². The van der Waals surface area contributed by atoms with Crippen molar-refractivity contribution in [1.82, 2.24) is 14.7 Å². The van der Waals surface area contributed by atoms with E-state index in [-0.39, 0.29) is 24.3 Å². The van der Waals surface area contributed by atoms with E-state index in [9.17, 15) is 14.4 Å². The van der Waals surface area contributed by atoms with Gasteiger partial charge in [-0.05, 0) is 56.0 Å². The molecular weight excluding hydrogens is 454 g/mol. The van der Waals surface area contributed by atoms with Crippen LogP contribution in [0.25, 0.3) is 0 Å². The third-order valence-electron chi connectivity index (χ3n) is 7.89. The number of hydrogen-bond acceptors (Lipinski definition) is 4. The molecule has 1 atom stereocenters. The minimum atomic E-state index is -0.885. The normalized spacial score (nSPS) is 21.3. The summed E-state index contributed by atoms with van der Waals surface area (Å²) in [7, 11) is 0. The van der Waals surface area contributed by atoms with Gasteiger partial charge in [-0.15, -0.1) is 0 Å². The Morgan fingerprint density at radius 1 is 0.889 bits per heavy atom. The van der Waals surface area contributed by atoms with Crippen molar-refractivity contribution in [2.24, 2.45) is 0 Å². The molecule has 0 aromatic heterocycles. The highest BCUT2D eigenvalue weighted by molar-refractivity contribution is 5.99. The summed E-state index contributed by atoms with van der Waals surface area (Å²) >= 11 is 0. The molecule has 0 radical (unpaired) electrons. The molecule has 0 N–H and O–H groups in total. The molecule has 7 heteroatoms. The van der Waals surface area contributed by atoms with E-state index in [0.717, 1.165) is 37.9 Å². The van der Waals surface area contributed by atoms with Crippen LogP contribution in [0.2, 0.25) is 0 Å². The van der Waals surface area contributed by atoms with Gasteiger partial charge in [-0.25, -0.2) is 0 Å². The summed E-state index contributed by atoms with van der Waals surface area (Å²) in [6.45, 7) is 6.64. The molecule has 3 aliphatic rings. The Bertz CT molecular complexity index is 1130. The van der Waals surface area contributed by atoms with Gasteiger partial charge in [-0.2, -0.15) is 0 Å². The molecule has 0 bridgehead atoms. The molecule has 3 heterocycles. The minimum absolute atomic E-state index is 0.00764. The second-order valence-corrected chi connectivity index (χ2v) is 10.2. The fourth-order valence-corrected chi connectivity index (χ4v) is 5.75. The van der Waals surface area contributed by atoms with Crippen LogP contribution in [0.1, 0.15) is 64.4 Å². The first kappa shape index (κ1) is 24.5. The number of rotatable bonds is 4. The highest BCUT2D eigenvalue weighted by atomic mass is 16.5. The van der Waals surface area contributed by atoms with E-state index in [2.05, 4.69) is 6.92 Å². The van der Waals surface area contributed by atoms with E-state index in [1.807, 2.05) is 59.2 Å². The number of carbonyl (C=O) groups is 3. The van der Waals surface area contributed by atoms with Gasteiger partial charge in [0.25, 0.3) is 11.8 Å². The lowest BCUT2D eigenvalue weighted by molar-refractivity contribution is -0.136. The molecule has 3 aliphatic heterocycles. The Morgan fingerprint density at radius 2 is 1.58 bits per heavy atom. The fourth-order valence-electron chi connectivity index (χ4n) is 5.75. The van der Waals surface area contributed by atoms with Crippen molar-refractivity contribution < 1.29 is 19.1 Å². The first-order chi connectivity index (χ1) is 17.4. The molecule has 3 amide bonds. The quantitative estimate of drug-likeness (QED) is 0.657. The lowest BCUT2D eigenvalue weighted by Gasteiger charge is -2.44. The summed E-state index contributed by atoms with van der Waals surface area (Å²) in [4.78, 5) is 46.0. The van der Waals surface area contributed by atoms with Crippen molar-refractivity contribution in [1.29, 1.82) is 0 Å². The van der Waals surface area contributed by atoms with Crippen LogP contribution in [0.15, 0.2) is 48.5 Å². The first-order valence-corrected chi connectivity index (χ1v) is 13.1. The summed E-state index contributed by atoms with van der Waals surface area (Å²) in [5.74, 6) is -0.213. The molecule has 7 nitrogen and oxygen atoms in total. The highest BCUT2D eigenvalue weighted by Gasteiger charge is 2.55. The molecule has 3 saturated heterocycles. The summed E-state index contributed by atoms with van der Waals surface area (Å²) in [6.07, 6.45) is 3.87. The molecule has 190 valence electrons. The molecular formula is C29H35N3O4. The van der Waals surface area contributed by atoms with Crippen molar-refractivity contribution in [2.75, 3.05) is 32.8 Å². The van der Waals surface area contributed by atoms with Crippen molar-refractivity contribution in [3.8, 4) is 0 Å². The van der Waals surface area contributed by atoms with Gasteiger partial charge < -0.3 is 14.5 Å². The lowest BCUT2D eigenvalue weighted by atomic mass is 9.95. The number of aryl methyl sites for hydroxylation is 2. The maximum absolute atomic E-state index is 13.9. The largest absolute Gasteiger partial charge is 0.353 e. The maximum atomic E-state index is 13.9. The predicted molar refractivity (Wildman–Crippen MR) is 137 cm³/mol. The second kappa shape index (κ2) is 10.1. The van der Waals surface area contributed by atoms with Crippen LogP contribution < -0.4 is 0 Å². The van der Waals surface area contributed by atoms with Crippen molar-refractivity contribution in [3.63, 3.8) is 0 Å². The number of benzene rings is 2. The summed E-state index contributed by atoms with van der Waals surface area (Å²) in [5, 5.41) is 0. The zero-order valence-electron chi connectivity index (χ0n) is 21.2. The fraction of sp³-hybridized carbons (Fsp3) is 0.483. The number of nitrogens with zero attached hydrogens (tertiary/aromatic N) is 3. The monoisotopic (exact) mass is 489 g/mol. The van der Waals surface area contributed by atoms with Crippen molar-refractivity contribution in [2.45, 2.75) is 57.7 Å². The van der Waals surface area contributed by atoms with Crippen LogP contribution in [-0.2, 0) is 16.0 Å². The van der Waals surface area contributed by atoms with Crippen LogP contribution in [-0.4, -0.2) is 77.0 Å². The predicted octanol–water partition coefficient (Wildman–Crippen LogP) is 3.65. The third-order valence-corrected chi connectivity index (χ3v) is 7.89. The maximum Gasteiger partial charge on any atom is 0.256 e. The lowest BCUT2D eigenvalue weighted by Crippen LogP contribution is -2.60. The van der Waals surface area contributed by atoms with Gasteiger partial charge in [0.05, 0.1) is 6.61 Å². The van der Waals surface area contributed by atoms with Crippen molar-refractivity contribution in [3.05, 3.63) is 70.8 Å². The summed E-state index contributed by atoms with van der Waals surface area (Å²) < 4.78 is 6.34. The molecule has 2 aromatic rings. The highest BCUT2D eigenvalue weighted by Crippen LogP contribution is 2.39. The minimum Gasteiger partial charge on any atom is -0.353 e. The van der Waals surface area contributed by atoms with Crippen LogP contribution >= 0.6 is 0 Å². The zero-order chi connectivity index (χ0) is 25.3.